The maximum atomic E-state index is 12.7. The highest BCUT2D eigenvalue weighted by Gasteiger charge is 2.24. The summed E-state index contributed by atoms with van der Waals surface area (Å²) >= 11 is 3.55. The van der Waals surface area contributed by atoms with Gasteiger partial charge >= 0.3 is 0 Å². The van der Waals surface area contributed by atoms with Gasteiger partial charge in [0.1, 0.15) is 0 Å². The van der Waals surface area contributed by atoms with Crippen LogP contribution in [0.4, 0.5) is 11.4 Å². The number of morpholine rings is 2. The first-order valence-electron chi connectivity index (χ1n) is 13.9. The van der Waals surface area contributed by atoms with Gasteiger partial charge in [0, 0.05) is 82.4 Å². The van der Waals surface area contributed by atoms with Crippen molar-refractivity contribution >= 4 is 34.9 Å². The van der Waals surface area contributed by atoms with E-state index >= 15 is 0 Å². The van der Waals surface area contributed by atoms with Crippen LogP contribution in [0, 0.1) is 0 Å². The molecule has 8 nitrogen and oxygen atoms in total. The molecule has 2 N–H and O–H groups in total. The Hall–Kier alpha value is -2.47. The molecule has 0 radical (unpaired) electrons. The van der Waals surface area contributed by atoms with Crippen LogP contribution in [0.3, 0.4) is 0 Å². The second-order valence-electron chi connectivity index (χ2n) is 10.5. The summed E-state index contributed by atoms with van der Waals surface area (Å²) in [5.74, 6) is 0. The van der Waals surface area contributed by atoms with Gasteiger partial charge in [-0.2, -0.15) is 0 Å². The minimum atomic E-state index is -0.0849. The number of hydrogen-bond acceptors (Lipinski definition) is 9. The van der Waals surface area contributed by atoms with E-state index in [2.05, 4.69) is 69.5 Å². The number of anilines is 2. The number of H-pyrrole nitrogens is 1. The average molecular weight is 581 g/mol. The smallest absolute Gasteiger partial charge is 0.250 e. The Morgan fingerprint density at radius 2 is 1.93 bits per heavy atom. The van der Waals surface area contributed by atoms with E-state index in [0.29, 0.717) is 19.8 Å². The van der Waals surface area contributed by atoms with Crippen molar-refractivity contribution in [3.05, 3.63) is 58.9 Å². The van der Waals surface area contributed by atoms with Crippen molar-refractivity contribution in [1.29, 1.82) is 0 Å². The lowest BCUT2D eigenvalue weighted by Gasteiger charge is -2.34. The van der Waals surface area contributed by atoms with Gasteiger partial charge in [0.05, 0.1) is 44.3 Å². The summed E-state index contributed by atoms with van der Waals surface area (Å²) in [6.07, 6.45) is 0.263. The molecule has 3 aliphatic heterocycles. The van der Waals surface area contributed by atoms with Crippen LogP contribution in [0.1, 0.15) is 6.92 Å². The lowest BCUT2D eigenvalue weighted by atomic mass is 10.1. The summed E-state index contributed by atoms with van der Waals surface area (Å²) < 4.78 is 16.8. The third kappa shape index (κ3) is 6.37. The number of hydrogen-bond donors (Lipinski definition) is 2. The zero-order valence-electron chi connectivity index (χ0n) is 23.0. The van der Waals surface area contributed by atoms with Crippen molar-refractivity contribution in [2.24, 2.45) is 0 Å². The van der Waals surface area contributed by atoms with Crippen LogP contribution in [0.25, 0.3) is 11.3 Å². The quantitative estimate of drug-likeness (QED) is 0.310. The minimum absolute atomic E-state index is 0.0849. The van der Waals surface area contributed by atoms with Crippen LogP contribution >= 0.6 is 23.5 Å². The first-order chi connectivity index (χ1) is 19.6. The molecule has 2 atom stereocenters. The number of benzene rings is 2. The molecular weight excluding hydrogens is 544 g/mol. The summed E-state index contributed by atoms with van der Waals surface area (Å²) in [5.41, 5.74) is 3.85. The molecule has 212 valence electrons. The first-order valence-corrected chi connectivity index (χ1v) is 15.5. The van der Waals surface area contributed by atoms with E-state index in [-0.39, 0.29) is 17.7 Å². The predicted molar refractivity (Wildman–Crippen MR) is 161 cm³/mol. The molecule has 3 aliphatic rings. The Morgan fingerprint density at radius 3 is 2.75 bits per heavy atom. The fourth-order valence-corrected chi connectivity index (χ4v) is 7.94. The molecule has 40 heavy (non-hydrogen) atoms. The normalized spacial score (nSPS) is 20.1. The standard InChI is InChI=1S/C30H36N4O4S2/c1-20-17-33(8-13-38-20)18-22(19-36-2)31-21-6-7-26-28(14-21)39-27-5-3-4-24(30(27)40-26)25-15-23(16-29(35)32-25)34-9-11-37-12-10-34/h3-7,14-16,20,22,31H,8-13,17-19H2,1-2H3,(H,32,35)/t20-,22-/m0/s1. The fraction of sp³-hybridized carbons (Fsp3) is 0.433. The Balaban J connectivity index is 1.21. The number of nitrogens with one attached hydrogen (secondary N) is 2. The monoisotopic (exact) mass is 580 g/mol. The molecule has 0 saturated carbocycles. The first kappa shape index (κ1) is 27.7. The fourth-order valence-electron chi connectivity index (χ4n) is 5.53. The molecule has 4 heterocycles. The van der Waals surface area contributed by atoms with Crippen molar-refractivity contribution < 1.29 is 14.2 Å². The highest BCUT2D eigenvalue weighted by Crippen LogP contribution is 2.52. The lowest BCUT2D eigenvalue weighted by molar-refractivity contribution is -0.0213. The van der Waals surface area contributed by atoms with Crippen LogP contribution in [-0.4, -0.2) is 88.3 Å². The highest BCUT2D eigenvalue weighted by atomic mass is 32.2. The van der Waals surface area contributed by atoms with E-state index in [9.17, 15) is 4.79 Å². The molecule has 10 heteroatoms. The summed E-state index contributed by atoms with van der Waals surface area (Å²) in [6, 6.07) is 16.9. The maximum Gasteiger partial charge on any atom is 0.250 e. The van der Waals surface area contributed by atoms with E-state index in [1.165, 1.54) is 19.6 Å². The molecule has 6 rings (SSSR count). The predicted octanol–water partition coefficient (Wildman–Crippen LogP) is 4.64. The van der Waals surface area contributed by atoms with Crippen LogP contribution in [-0.2, 0) is 14.2 Å². The molecule has 2 saturated heterocycles. The molecule has 1 aromatic heterocycles. The van der Waals surface area contributed by atoms with Gasteiger partial charge in [-0.05, 0) is 37.3 Å². The topological polar surface area (TPSA) is 79.1 Å². The summed E-state index contributed by atoms with van der Waals surface area (Å²) in [7, 11) is 1.76. The summed E-state index contributed by atoms with van der Waals surface area (Å²) in [6.45, 7) is 9.30. The number of rotatable bonds is 8. The lowest BCUT2D eigenvalue weighted by Crippen LogP contribution is -2.47. The van der Waals surface area contributed by atoms with Gasteiger partial charge < -0.3 is 29.4 Å². The Kier molecular flexibility index (Phi) is 8.71. The van der Waals surface area contributed by atoms with Crippen LogP contribution in [0.2, 0.25) is 0 Å². The average Bonchev–Trinajstić information content (AvgIpc) is 2.96. The highest BCUT2D eigenvalue weighted by molar-refractivity contribution is 8.05. The second kappa shape index (κ2) is 12.6. The molecule has 2 fully saturated rings. The number of ether oxygens (including phenoxy) is 3. The zero-order chi connectivity index (χ0) is 27.5. The van der Waals surface area contributed by atoms with Crippen LogP contribution in [0.15, 0.2) is 72.9 Å². The number of aromatic amines is 1. The van der Waals surface area contributed by atoms with E-state index < -0.39 is 0 Å². The van der Waals surface area contributed by atoms with Crippen LogP contribution < -0.4 is 15.8 Å². The van der Waals surface area contributed by atoms with Crippen molar-refractivity contribution in [3.8, 4) is 11.3 Å². The second-order valence-corrected chi connectivity index (χ2v) is 12.6. The molecule has 2 aromatic carbocycles. The van der Waals surface area contributed by atoms with E-state index in [1.807, 2.05) is 0 Å². The van der Waals surface area contributed by atoms with Gasteiger partial charge in [-0.15, -0.1) is 0 Å². The molecule has 0 unspecified atom stereocenters. The Labute approximate surface area is 243 Å². The zero-order valence-corrected chi connectivity index (χ0v) is 24.6. The third-order valence-electron chi connectivity index (χ3n) is 7.39. The number of nitrogens with zero attached hydrogens (tertiary/aromatic N) is 2. The van der Waals surface area contributed by atoms with Gasteiger partial charge in [-0.25, -0.2) is 0 Å². The number of fused-ring (bicyclic) bond motifs is 2. The minimum Gasteiger partial charge on any atom is -0.383 e. The van der Waals surface area contributed by atoms with Crippen molar-refractivity contribution in [1.82, 2.24) is 9.88 Å². The van der Waals surface area contributed by atoms with Crippen molar-refractivity contribution in [2.45, 2.75) is 38.7 Å². The number of pyridine rings is 1. The number of aromatic nitrogens is 1. The SMILES string of the molecule is COC[C@H](CN1CCO[C@@H](C)C1)Nc1ccc2c(c1)Sc1cccc(-c3cc(N4CCOCC4)cc(=O)[nH]3)c1S2. The van der Waals surface area contributed by atoms with E-state index in [0.717, 1.165) is 62.0 Å². The van der Waals surface area contributed by atoms with Gasteiger partial charge in [0.25, 0.3) is 0 Å². The molecule has 0 aliphatic carbocycles. The van der Waals surface area contributed by atoms with Gasteiger partial charge in [-0.1, -0.05) is 35.7 Å². The molecule has 3 aromatic rings. The molecule has 0 bridgehead atoms. The Morgan fingerprint density at radius 1 is 1.05 bits per heavy atom. The maximum absolute atomic E-state index is 12.7. The van der Waals surface area contributed by atoms with E-state index in [4.69, 9.17) is 14.2 Å². The Bertz CT molecular complexity index is 1390. The number of methoxy groups -OCH3 is 1. The van der Waals surface area contributed by atoms with Crippen molar-refractivity contribution in [3.63, 3.8) is 0 Å². The van der Waals surface area contributed by atoms with Gasteiger partial charge in [0.15, 0.2) is 0 Å². The molecule has 0 spiro atoms. The molecular formula is C30H36N4O4S2. The van der Waals surface area contributed by atoms with Crippen molar-refractivity contribution in [2.75, 3.05) is 76.5 Å². The summed E-state index contributed by atoms with van der Waals surface area (Å²) in [5, 5.41) is 3.71. The van der Waals surface area contributed by atoms with E-state index in [1.54, 1.807) is 36.7 Å². The summed E-state index contributed by atoms with van der Waals surface area (Å²) in [4.78, 5) is 25.2. The van der Waals surface area contributed by atoms with Crippen LogP contribution in [0.5, 0.6) is 0 Å². The van der Waals surface area contributed by atoms with Gasteiger partial charge in [0.2, 0.25) is 5.56 Å². The largest absolute Gasteiger partial charge is 0.383 e. The van der Waals surface area contributed by atoms with Gasteiger partial charge in [-0.3, -0.25) is 9.69 Å². The third-order valence-corrected chi connectivity index (χ3v) is 9.99. The molecule has 0 amide bonds.